The van der Waals surface area contributed by atoms with Crippen LogP contribution in [0.15, 0.2) is 48.7 Å². The maximum atomic E-state index is 11.5. The number of fused-ring (bicyclic) bond motifs is 6. The summed E-state index contributed by atoms with van der Waals surface area (Å²) >= 11 is 12.1. The molecule has 6 rings (SSSR count). The van der Waals surface area contributed by atoms with Crippen LogP contribution >= 0.6 is 23.2 Å². The molecule has 4 heterocycles. The predicted molar refractivity (Wildman–Crippen MR) is 136 cm³/mol. The van der Waals surface area contributed by atoms with E-state index < -0.39 is 17.3 Å². The fourth-order valence-corrected chi connectivity index (χ4v) is 6.18. The molecule has 188 valence electrons. The van der Waals surface area contributed by atoms with Crippen LogP contribution in [-0.4, -0.2) is 37.6 Å². The molecule has 0 amide bonds. The van der Waals surface area contributed by atoms with Crippen LogP contribution in [0.5, 0.6) is 17.6 Å². The number of nitrogens with zero attached hydrogens (tertiary/aromatic N) is 3. The highest BCUT2D eigenvalue weighted by Crippen LogP contribution is 2.65. The summed E-state index contributed by atoms with van der Waals surface area (Å²) in [6.45, 7) is 1.81. The van der Waals surface area contributed by atoms with Gasteiger partial charge >= 0.3 is 0 Å². The molecule has 2 bridgehead atoms. The Balaban J connectivity index is 1.44. The van der Waals surface area contributed by atoms with Crippen molar-refractivity contribution >= 4 is 34.0 Å². The monoisotopic (exact) mass is 537 g/mol. The van der Waals surface area contributed by atoms with Crippen LogP contribution in [0.1, 0.15) is 36.5 Å². The number of halogens is 2. The maximum absolute atomic E-state index is 11.5. The van der Waals surface area contributed by atoms with Gasteiger partial charge in [0.25, 0.3) is 0 Å². The van der Waals surface area contributed by atoms with Crippen LogP contribution in [0.4, 0.5) is 0 Å². The number of aromatic nitrogens is 2. The minimum Gasteiger partial charge on any atom is -0.494 e. The van der Waals surface area contributed by atoms with Gasteiger partial charge in [0.1, 0.15) is 16.2 Å². The fraction of sp³-hybridized carbons (Fsp3) is 0.259. The largest absolute Gasteiger partial charge is 0.494 e. The molecular formula is C27H21Cl2N3O5. The van der Waals surface area contributed by atoms with E-state index in [9.17, 15) is 20.6 Å². The molecule has 1 saturated heterocycles. The molecule has 8 nitrogen and oxygen atoms in total. The number of aliphatic hydroxyl groups is 1. The van der Waals surface area contributed by atoms with Crippen LogP contribution in [0, 0.1) is 11.3 Å². The van der Waals surface area contributed by atoms with Crippen molar-refractivity contribution in [2.24, 2.45) is 0 Å². The van der Waals surface area contributed by atoms with Crippen molar-refractivity contribution < 1.29 is 24.8 Å². The van der Waals surface area contributed by atoms with Crippen LogP contribution in [0.25, 0.3) is 16.5 Å². The molecule has 10 heteroatoms. The van der Waals surface area contributed by atoms with E-state index in [2.05, 4.69) is 11.1 Å². The van der Waals surface area contributed by atoms with Crippen molar-refractivity contribution in [3.63, 3.8) is 0 Å². The Morgan fingerprint density at radius 2 is 1.89 bits per heavy atom. The molecule has 0 aliphatic carbocycles. The van der Waals surface area contributed by atoms with Gasteiger partial charge in [0.2, 0.25) is 17.6 Å². The van der Waals surface area contributed by atoms with Crippen molar-refractivity contribution in [3.8, 4) is 29.4 Å². The van der Waals surface area contributed by atoms with Gasteiger partial charge in [-0.15, -0.1) is 0 Å². The molecule has 2 aromatic heterocycles. The third-order valence-corrected chi connectivity index (χ3v) is 7.90. The van der Waals surface area contributed by atoms with Gasteiger partial charge in [0.15, 0.2) is 0 Å². The highest BCUT2D eigenvalue weighted by molar-refractivity contribution is 6.35. The fourth-order valence-electron chi connectivity index (χ4n) is 5.75. The highest BCUT2D eigenvalue weighted by Gasteiger charge is 2.66. The van der Waals surface area contributed by atoms with E-state index >= 15 is 0 Å². The van der Waals surface area contributed by atoms with Crippen LogP contribution in [0.2, 0.25) is 10.0 Å². The van der Waals surface area contributed by atoms with Gasteiger partial charge in [-0.25, -0.2) is 4.98 Å². The van der Waals surface area contributed by atoms with Gasteiger partial charge in [0, 0.05) is 29.8 Å². The molecule has 0 radical (unpaired) electrons. The number of nitriles is 1. The van der Waals surface area contributed by atoms with E-state index in [0.29, 0.717) is 38.2 Å². The number of ether oxygens (including phenoxy) is 2. The molecule has 2 aromatic carbocycles. The first kappa shape index (κ1) is 23.9. The Labute approximate surface area is 221 Å². The first-order valence-electron chi connectivity index (χ1n) is 11.6. The van der Waals surface area contributed by atoms with E-state index in [4.69, 9.17) is 32.7 Å². The zero-order valence-electron chi connectivity index (χ0n) is 19.6. The lowest BCUT2D eigenvalue weighted by molar-refractivity contribution is -0.107. The summed E-state index contributed by atoms with van der Waals surface area (Å²) in [7, 11) is 0. The van der Waals surface area contributed by atoms with Gasteiger partial charge in [-0.2, -0.15) is 5.26 Å². The molecule has 0 spiro atoms. The second-order valence-electron chi connectivity index (χ2n) is 9.48. The average molecular weight is 538 g/mol. The summed E-state index contributed by atoms with van der Waals surface area (Å²) in [6, 6.07) is 14.3. The Kier molecular flexibility index (Phi) is 5.34. The van der Waals surface area contributed by atoms with Crippen molar-refractivity contribution in [2.45, 2.75) is 37.1 Å². The Morgan fingerprint density at radius 3 is 2.62 bits per heavy atom. The SMILES string of the molecule is C[C@]12O[C@](CCOc3ncc(Cl)cc3Cl)(C[C@@H]1O)c1c2c(O)n(-c2ccc(C#N)c3ccccc23)c1O. The lowest BCUT2D eigenvalue weighted by atomic mass is 9.76. The Morgan fingerprint density at radius 1 is 1.16 bits per heavy atom. The number of aromatic hydroxyl groups is 2. The van der Waals surface area contributed by atoms with Crippen molar-refractivity contribution in [3.05, 3.63) is 75.4 Å². The molecule has 0 unspecified atom stereocenters. The van der Waals surface area contributed by atoms with E-state index in [1.54, 1.807) is 19.1 Å². The normalized spacial score (nSPS) is 23.8. The lowest BCUT2D eigenvalue weighted by Gasteiger charge is -2.26. The number of aliphatic hydroxyl groups excluding tert-OH is 1. The molecule has 2 aliphatic rings. The Hall–Kier alpha value is -3.48. The average Bonchev–Trinajstić information content (AvgIpc) is 3.41. The maximum Gasteiger partial charge on any atom is 0.232 e. The molecule has 3 N–H and O–H groups in total. The van der Waals surface area contributed by atoms with Gasteiger partial charge in [-0.1, -0.05) is 47.5 Å². The molecule has 2 aliphatic heterocycles. The number of pyridine rings is 1. The molecule has 1 fully saturated rings. The number of hydrogen-bond acceptors (Lipinski definition) is 7. The number of rotatable bonds is 5. The Bertz CT molecular complexity index is 1630. The molecule has 0 saturated carbocycles. The summed E-state index contributed by atoms with van der Waals surface area (Å²) in [6.07, 6.45) is 0.953. The molecule has 3 atom stereocenters. The molecule has 37 heavy (non-hydrogen) atoms. The third kappa shape index (κ3) is 3.32. The highest BCUT2D eigenvalue weighted by atomic mass is 35.5. The quantitative estimate of drug-likeness (QED) is 0.316. The zero-order valence-corrected chi connectivity index (χ0v) is 21.1. The lowest BCUT2D eigenvalue weighted by Crippen LogP contribution is -2.33. The van der Waals surface area contributed by atoms with Gasteiger partial charge in [-0.05, 0) is 25.1 Å². The van der Waals surface area contributed by atoms with Gasteiger partial charge in [0.05, 0.1) is 46.2 Å². The van der Waals surface area contributed by atoms with E-state index in [1.807, 2.05) is 24.3 Å². The van der Waals surface area contributed by atoms with Gasteiger partial charge < -0.3 is 24.8 Å². The number of hydrogen-bond donors (Lipinski definition) is 3. The van der Waals surface area contributed by atoms with Crippen molar-refractivity contribution in [2.75, 3.05) is 6.61 Å². The van der Waals surface area contributed by atoms with Crippen LogP contribution in [0.3, 0.4) is 0 Å². The summed E-state index contributed by atoms with van der Waals surface area (Å²) in [5.74, 6) is -0.217. The summed E-state index contributed by atoms with van der Waals surface area (Å²) < 4.78 is 13.5. The van der Waals surface area contributed by atoms with Gasteiger partial charge in [-0.3, -0.25) is 4.57 Å². The summed E-state index contributed by atoms with van der Waals surface area (Å²) in [5, 5.41) is 45.5. The van der Waals surface area contributed by atoms with E-state index in [1.165, 1.54) is 16.8 Å². The number of benzene rings is 2. The third-order valence-electron chi connectivity index (χ3n) is 7.42. The van der Waals surface area contributed by atoms with Crippen molar-refractivity contribution in [1.82, 2.24) is 9.55 Å². The molecule has 4 aromatic rings. The predicted octanol–water partition coefficient (Wildman–Crippen LogP) is 5.29. The zero-order chi connectivity index (χ0) is 26.1. The summed E-state index contributed by atoms with van der Waals surface area (Å²) in [4.78, 5) is 4.10. The molecular weight excluding hydrogens is 517 g/mol. The second kappa shape index (κ2) is 8.27. The van der Waals surface area contributed by atoms with E-state index in [-0.39, 0.29) is 42.1 Å². The van der Waals surface area contributed by atoms with Crippen molar-refractivity contribution in [1.29, 1.82) is 5.26 Å². The van der Waals surface area contributed by atoms with Crippen LogP contribution < -0.4 is 4.74 Å². The first-order valence-corrected chi connectivity index (χ1v) is 12.4. The summed E-state index contributed by atoms with van der Waals surface area (Å²) in [5.41, 5.74) is -0.630. The standard InChI is InChI=1S/C27H21Cl2N3O5/c1-26-20(33)11-27(37-26,8-9-36-23-18(29)10-15(28)13-31-23)22-21(26)24(34)32(25(22)35)19-7-6-14(12-30)16-4-2-3-5-17(16)19/h2-7,10,13,20,33-35H,8-9,11H2,1H3/t20-,26-,27+/m0/s1. The minimum absolute atomic E-state index is 0.113. The first-order chi connectivity index (χ1) is 17.7. The second-order valence-corrected chi connectivity index (χ2v) is 10.3. The topological polar surface area (TPSA) is 121 Å². The smallest absolute Gasteiger partial charge is 0.232 e. The van der Waals surface area contributed by atoms with E-state index in [0.717, 1.165) is 0 Å². The minimum atomic E-state index is -1.24. The van der Waals surface area contributed by atoms with Crippen LogP contribution in [-0.2, 0) is 15.9 Å².